The summed E-state index contributed by atoms with van der Waals surface area (Å²) in [6, 6.07) is 0. The van der Waals surface area contributed by atoms with E-state index in [2.05, 4.69) is 22.3 Å². The van der Waals surface area contributed by atoms with Gasteiger partial charge in [0.2, 0.25) is 0 Å². The summed E-state index contributed by atoms with van der Waals surface area (Å²) in [7, 11) is 0. The molecular weight excluding hydrogens is 278 g/mol. The lowest BCUT2D eigenvalue weighted by Gasteiger charge is -2.04. The summed E-state index contributed by atoms with van der Waals surface area (Å²) in [6.45, 7) is 5.42. The maximum Gasteiger partial charge on any atom is 0.358 e. The molecule has 0 spiro atoms. The molecular formula is C12H17N5O2S. The molecule has 0 bridgehead atoms. The van der Waals surface area contributed by atoms with Crippen molar-refractivity contribution in [3.8, 4) is 11.3 Å². The number of carboxylic acids is 1. The number of aryl methyl sites for hydroxylation is 2. The first-order chi connectivity index (χ1) is 9.67. The van der Waals surface area contributed by atoms with Gasteiger partial charge in [-0.15, -0.1) is 5.10 Å². The van der Waals surface area contributed by atoms with Crippen LogP contribution in [0, 0.1) is 0 Å². The normalized spacial score (nSPS) is 10.9. The van der Waals surface area contributed by atoms with E-state index in [4.69, 9.17) is 0 Å². The molecule has 0 saturated carbocycles. The second-order valence-corrected chi connectivity index (χ2v) is 5.49. The van der Waals surface area contributed by atoms with Crippen LogP contribution in [0.2, 0.25) is 0 Å². The SMILES string of the molecule is CCSCCn1nnc(C(=O)O)c1-c1cnn(CC)c1. The Morgan fingerprint density at radius 1 is 1.45 bits per heavy atom. The fourth-order valence-corrected chi connectivity index (χ4v) is 2.44. The maximum absolute atomic E-state index is 11.3. The molecule has 7 nitrogen and oxygen atoms in total. The molecule has 2 aromatic heterocycles. The molecule has 1 N–H and O–H groups in total. The van der Waals surface area contributed by atoms with Gasteiger partial charge in [0.25, 0.3) is 0 Å². The van der Waals surface area contributed by atoms with Gasteiger partial charge in [0.1, 0.15) is 5.69 Å². The lowest BCUT2D eigenvalue weighted by atomic mass is 10.2. The van der Waals surface area contributed by atoms with Gasteiger partial charge in [-0.05, 0) is 12.7 Å². The third-order valence-electron chi connectivity index (χ3n) is 2.82. The quantitative estimate of drug-likeness (QED) is 0.781. The van der Waals surface area contributed by atoms with Crippen LogP contribution in [0.15, 0.2) is 12.4 Å². The van der Waals surface area contributed by atoms with E-state index in [1.54, 1.807) is 27.3 Å². The predicted molar refractivity (Wildman–Crippen MR) is 76.9 cm³/mol. The number of aromatic nitrogens is 5. The van der Waals surface area contributed by atoms with Gasteiger partial charge in [-0.25, -0.2) is 9.48 Å². The summed E-state index contributed by atoms with van der Waals surface area (Å²) < 4.78 is 3.39. The largest absolute Gasteiger partial charge is 0.476 e. The lowest BCUT2D eigenvalue weighted by Crippen LogP contribution is -2.06. The van der Waals surface area contributed by atoms with Crippen LogP contribution >= 0.6 is 11.8 Å². The average Bonchev–Trinajstić information content (AvgIpc) is 3.04. The van der Waals surface area contributed by atoms with Crippen LogP contribution < -0.4 is 0 Å². The third-order valence-corrected chi connectivity index (χ3v) is 3.70. The Morgan fingerprint density at radius 3 is 2.85 bits per heavy atom. The van der Waals surface area contributed by atoms with E-state index >= 15 is 0 Å². The van der Waals surface area contributed by atoms with Crippen LogP contribution in [0.3, 0.4) is 0 Å². The van der Waals surface area contributed by atoms with E-state index in [1.807, 2.05) is 13.1 Å². The summed E-state index contributed by atoms with van der Waals surface area (Å²) in [5.74, 6) is 0.816. The van der Waals surface area contributed by atoms with Crippen molar-refractivity contribution in [1.29, 1.82) is 0 Å². The smallest absolute Gasteiger partial charge is 0.358 e. The van der Waals surface area contributed by atoms with Gasteiger partial charge in [0.05, 0.1) is 12.7 Å². The van der Waals surface area contributed by atoms with Gasteiger partial charge in [-0.2, -0.15) is 16.9 Å². The Hall–Kier alpha value is -1.83. The van der Waals surface area contributed by atoms with E-state index in [1.165, 1.54) is 0 Å². The number of carbonyl (C=O) groups is 1. The number of thioether (sulfide) groups is 1. The van der Waals surface area contributed by atoms with Crippen LogP contribution in [-0.4, -0.2) is 47.4 Å². The number of carboxylic acid groups (broad SMARTS) is 1. The highest BCUT2D eigenvalue weighted by molar-refractivity contribution is 7.99. The standard InChI is InChI=1S/C12H17N5O2S/c1-3-16-8-9(7-13-16)11-10(12(18)19)14-15-17(11)5-6-20-4-2/h7-8H,3-6H2,1-2H3,(H,18,19). The average molecular weight is 295 g/mol. The zero-order valence-corrected chi connectivity index (χ0v) is 12.3. The summed E-state index contributed by atoms with van der Waals surface area (Å²) in [5, 5.41) is 21.1. The monoisotopic (exact) mass is 295 g/mol. The first-order valence-electron chi connectivity index (χ1n) is 6.44. The van der Waals surface area contributed by atoms with E-state index in [0.717, 1.165) is 23.6 Å². The molecule has 0 saturated heterocycles. The molecule has 108 valence electrons. The Bertz CT molecular complexity index is 592. The van der Waals surface area contributed by atoms with E-state index < -0.39 is 5.97 Å². The Kier molecular flexibility index (Phi) is 4.78. The molecule has 2 heterocycles. The Morgan fingerprint density at radius 2 is 2.25 bits per heavy atom. The van der Waals surface area contributed by atoms with Crippen LogP contribution in [0.5, 0.6) is 0 Å². The van der Waals surface area contributed by atoms with Crippen molar-refractivity contribution in [2.45, 2.75) is 26.9 Å². The van der Waals surface area contributed by atoms with Gasteiger partial charge >= 0.3 is 5.97 Å². The molecule has 0 fully saturated rings. The number of hydrogen-bond donors (Lipinski definition) is 1. The predicted octanol–water partition coefficient (Wildman–Crippen LogP) is 1.61. The van der Waals surface area contributed by atoms with Gasteiger partial charge in [-0.3, -0.25) is 4.68 Å². The molecule has 20 heavy (non-hydrogen) atoms. The molecule has 0 amide bonds. The molecule has 0 radical (unpaired) electrons. The van der Waals surface area contributed by atoms with Crippen molar-refractivity contribution in [2.75, 3.05) is 11.5 Å². The summed E-state index contributed by atoms with van der Waals surface area (Å²) in [5.41, 5.74) is 1.23. The molecule has 0 unspecified atom stereocenters. The van der Waals surface area contributed by atoms with E-state index in [9.17, 15) is 9.90 Å². The fourth-order valence-electron chi connectivity index (χ4n) is 1.85. The van der Waals surface area contributed by atoms with Gasteiger partial charge < -0.3 is 5.11 Å². The first kappa shape index (κ1) is 14.6. The molecule has 2 rings (SSSR count). The van der Waals surface area contributed by atoms with Crippen molar-refractivity contribution in [3.05, 3.63) is 18.1 Å². The van der Waals surface area contributed by atoms with Gasteiger partial charge in [0, 0.05) is 24.1 Å². The van der Waals surface area contributed by atoms with Crippen LogP contribution in [0.1, 0.15) is 24.3 Å². The highest BCUT2D eigenvalue weighted by atomic mass is 32.2. The number of rotatable bonds is 7. The Labute approximate surface area is 121 Å². The molecule has 0 aliphatic carbocycles. The van der Waals surface area contributed by atoms with Crippen molar-refractivity contribution < 1.29 is 9.90 Å². The van der Waals surface area contributed by atoms with E-state index in [-0.39, 0.29) is 5.69 Å². The maximum atomic E-state index is 11.3. The molecule has 2 aromatic rings. The zero-order chi connectivity index (χ0) is 14.5. The minimum Gasteiger partial charge on any atom is -0.476 e. The lowest BCUT2D eigenvalue weighted by molar-refractivity contribution is 0.0691. The molecule has 0 atom stereocenters. The van der Waals surface area contributed by atoms with Crippen LogP contribution in [-0.2, 0) is 13.1 Å². The van der Waals surface area contributed by atoms with Crippen molar-refractivity contribution >= 4 is 17.7 Å². The summed E-state index contributed by atoms with van der Waals surface area (Å²) >= 11 is 1.78. The number of hydrogen-bond acceptors (Lipinski definition) is 5. The van der Waals surface area contributed by atoms with Crippen LogP contribution in [0.25, 0.3) is 11.3 Å². The van der Waals surface area contributed by atoms with Crippen molar-refractivity contribution in [3.63, 3.8) is 0 Å². The molecule has 8 heteroatoms. The number of aromatic carboxylic acids is 1. The Balaban J connectivity index is 2.36. The van der Waals surface area contributed by atoms with Gasteiger partial charge in [0.15, 0.2) is 5.69 Å². The molecule has 0 aliphatic heterocycles. The van der Waals surface area contributed by atoms with E-state index in [0.29, 0.717) is 12.2 Å². The summed E-state index contributed by atoms with van der Waals surface area (Å²) in [6.07, 6.45) is 3.46. The second kappa shape index (κ2) is 6.56. The summed E-state index contributed by atoms with van der Waals surface area (Å²) in [4.78, 5) is 11.3. The highest BCUT2D eigenvalue weighted by Gasteiger charge is 2.21. The van der Waals surface area contributed by atoms with Gasteiger partial charge in [-0.1, -0.05) is 12.1 Å². The minimum atomic E-state index is -1.07. The zero-order valence-electron chi connectivity index (χ0n) is 11.5. The first-order valence-corrected chi connectivity index (χ1v) is 7.60. The number of nitrogens with zero attached hydrogens (tertiary/aromatic N) is 5. The van der Waals surface area contributed by atoms with Crippen molar-refractivity contribution in [2.24, 2.45) is 0 Å². The fraction of sp³-hybridized carbons (Fsp3) is 0.500. The minimum absolute atomic E-state index is 0.0258. The molecule has 0 aromatic carbocycles. The third kappa shape index (κ3) is 3.01. The van der Waals surface area contributed by atoms with Crippen LogP contribution in [0.4, 0.5) is 0 Å². The van der Waals surface area contributed by atoms with Crippen molar-refractivity contribution in [1.82, 2.24) is 24.8 Å². The topological polar surface area (TPSA) is 85.8 Å². The highest BCUT2D eigenvalue weighted by Crippen LogP contribution is 2.22. The second-order valence-electron chi connectivity index (χ2n) is 4.10. The molecule has 0 aliphatic rings.